The Kier molecular flexibility index (Phi) is 3.00. The minimum atomic E-state index is -0.414. The first-order valence-electron chi connectivity index (χ1n) is 5.53. The molecule has 19 heavy (non-hydrogen) atoms. The lowest BCUT2D eigenvalue weighted by molar-refractivity contribution is -0.127. The number of carbonyl (C=O) groups is 2. The lowest BCUT2D eigenvalue weighted by Gasteiger charge is -2.10. The summed E-state index contributed by atoms with van der Waals surface area (Å²) in [5.41, 5.74) is 0.804. The van der Waals surface area contributed by atoms with Crippen LogP contribution in [0.1, 0.15) is 12.1 Å². The van der Waals surface area contributed by atoms with Crippen LogP contribution in [0, 0.1) is 0 Å². The topological polar surface area (TPSA) is 88.7 Å². The number of amides is 2. The van der Waals surface area contributed by atoms with Gasteiger partial charge in [0.25, 0.3) is 5.91 Å². The third kappa shape index (κ3) is 2.63. The van der Waals surface area contributed by atoms with E-state index in [1.165, 1.54) is 11.8 Å². The quantitative estimate of drug-likeness (QED) is 0.800. The van der Waals surface area contributed by atoms with Crippen molar-refractivity contribution in [3.8, 4) is 0 Å². The molecule has 1 aliphatic heterocycles. The molecule has 0 aliphatic carbocycles. The number of hydrogen-bond donors (Lipinski definition) is 1. The zero-order valence-corrected chi connectivity index (χ0v) is 10.6. The number of carbonyl (C=O) groups excluding carboxylic acids is 2. The second-order valence-electron chi connectivity index (χ2n) is 3.88. The molecule has 0 radical (unpaired) electrons. The molecule has 0 bridgehead atoms. The van der Waals surface area contributed by atoms with Gasteiger partial charge in [0.05, 0.1) is 5.69 Å². The molecule has 0 fully saturated rings. The highest BCUT2D eigenvalue weighted by molar-refractivity contribution is 8.13. The first kappa shape index (κ1) is 11.8. The SMILES string of the molecule is O=C1CC(=O)NC(SCc2cn3cccnc3n2)=N1. The fourth-order valence-corrected chi connectivity index (χ4v) is 2.42. The van der Waals surface area contributed by atoms with E-state index in [0.29, 0.717) is 16.7 Å². The maximum absolute atomic E-state index is 11.2. The van der Waals surface area contributed by atoms with E-state index in [0.717, 1.165) is 5.69 Å². The Bertz CT molecular complexity index is 660. The molecule has 0 aromatic carbocycles. The zero-order valence-electron chi connectivity index (χ0n) is 9.74. The molecule has 3 rings (SSSR count). The van der Waals surface area contributed by atoms with E-state index in [9.17, 15) is 9.59 Å². The number of aromatic nitrogens is 3. The number of aliphatic imine (C=N–C) groups is 1. The molecule has 1 N–H and O–H groups in total. The Morgan fingerprint density at radius 3 is 3.11 bits per heavy atom. The Morgan fingerprint density at radius 2 is 2.32 bits per heavy atom. The molecule has 0 spiro atoms. The second-order valence-corrected chi connectivity index (χ2v) is 4.85. The Balaban J connectivity index is 1.72. The molecule has 2 aromatic rings. The van der Waals surface area contributed by atoms with E-state index < -0.39 is 5.91 Å². The molecule has 0 saturated heterocycles. The van der Waals surface area contributed by atoms with E-state index in [1.807, 2.05) is 22.9 Å². The third-order valence-electron chi connectivity index (χ3n) is 2.43. The normalized spacial score (nSPS) is 15.5. The summed E-state index contributed by atoms with van der Waals surface area (Å²) in [5, 5.41) is 2.88. The summed E-state index contributed by atoms with van der Waals surface area (Å²) in [6, 6.07) is 1.82. The van der Waals surface area contributed by atoms with Gasteiger partial charge in [-0.1, -0.05) is 11.8 Å². The first-order valence-corrected chi connectivity index (χ1v) is 6.52. The molecule has 0 atom stereocenters. The minimum absolute atomic E-state index is 0.178. The number of fused-ring (bicyclic) bond motifs is 1. The molecule has 1 aliphatic rings. The van der Waals surface area contributed by atoms with Gasteiger partial charge in [0.1, 0.15) is 6.42 Å². The first-order chi connectivity index (χ1) is 9.20. The summed E-state index contributed by atoms with van der Waals surface area (Å²) in [6.07, 6.45) is 5.20. The van der Waals surface area contributed by atoms with Gasteiger partial charge in [-0.25, -0.2) is 9.97 Å². The molecule has 3 heterocycles. The molecular weight excluding hydrogens is 266 g/mol. The van der Waals surface area contributed by atoms with Crippen LogP contribution in [0.25, 0.3) is 5.78 Å². The second kappa shape index (κ2) is 4.81. The molecule has 96 valence electrons. The highest BCUT2D eigenvalue weighted by Crippen LogP contribution is 2.14. The molecule has 2 amide bonds. The van der Waals surface area contributed by atoms with Crippen LogP contribution < -0.4 is 5.32 Å². The minimum Gasteiger partial charge on any atom is -0.305 e. The fourth-order valence-electron chi connectivity index (χ4n) is 1.64. The average Bonchev–Trinajstić information content (AvgIpc) is 2.78. The summed E-state index contributed by atoms with van der Waals surface area (Å²) in [4.78, 5) is 34.5. The van der Waals surface area contributed by atoms with Crippen LogP contribution in [0.15, 0.2) is 29.6 Å². The van der Waals surface area contributed by atoms with Gasteiger partial charge in [-0.2, -0.15) is 4.99 Å². The smallest absolute Gasteiger partial charge is 0.257 e. The van der Waals surface area contributed by atoms with Gasteiger partial charge in [0.15, 0.2) is 5.17 Å². The van der Waals surface area contributed by atoms with E-state index in [1.54, 1.807) is 6.20 Å². The van der Waals surface area contributed by atoms with E-state index in [2.05, 4.69) is 20.3 Å². The number of thioether (sulfide) groups is 1. The molecule has 8 heteroatoms. The largest absolute Gasteiger partial charge is 0.305 e. The van der Waals surface area contributed by atoms with Crippen molar-refractivity contribution in [2.45, 2.75) is 12.2 Å². The number of imidazole rings is 1. The maximum atomic E-state index is 11.2. The third-order valence-corrected chi connectivity index (χ3v) is 3.33. The fraction of sp³-hybridized carbons (Fsp3) is 0.182. The highest BCUT2D eigenvalue weighted by atomic mass is 32.2. The highest BCUT2D eigenvalue weighted by Gasteiger charge is 2.18. The molecule has 0 unspecified atom stereocenters. The summed E-state index contributed by atoms with van der Waals surface area (Å²) in [7, 11) is 0. The van der Waals surface area contributed by atoms with Crippen molar-refractivity contribution in [3.05, 3.63) is 30.4 Å². The van der Waals surface area contributed by atoms with Crippen LogP contribution in [0.2, 0.25) is 0 Å². The van der Waals surface area contributed by atoms with Crippen LogP contribution in [-0.4, -0.2) is 31.4 Å². The maximum Gasteiger partial charge on any atom is 0.257 e. The van der Waals surface area contributed by atoms with Crippen molar-refractivity contribution in [1.82, 2.24) is 19.7 Å². The predicted octanol–water partition coefficient (Wildman–Crippen LogP) is 0.365. The summed E-state index contributed by atoms with van der Waals surface area (Å²) >= 11 is 1.27. The predicted molar refractivity (Wildman–Crippen MR) is 69.5 cm³/mol. The standard InChI is InChI=1S/C11H9N5O2S/c17-8-4-9(18)15-11(14-8)19-6-7-5-16-3-1-2-12-10(16)13-7/h1-3,5H,4,6H2,(H,14,15,17,18). The van der Waals surface area contributed by atoms with E-state index in [4.69, 9.17) is 0 Å². The van der Waals surface area contributed by atoms with Crippen LogP contribution >= 0.6 is 11.8 Å². The summed E-state index contributed by atoms with van der Waals surface area (Å²) in [6.45, 7) is 0. The summed E-state index contributed by atoms with van der Waals surface area (Å²) in [5.74, 6) is 0.390. The van der Waals surface area contributed by atoms with Gasteiger partial charge >= 0.3 is 0 Å². The number of nitrogens with one attached hydrogen (secondary N) is 1. The van der Waals surface area contributed by atoms with Crippen molar-refractivity contribution in [3.63, 3.8) is 0 Å². The molecule has 2 aromatic heterocycles. The zero-order chi connectivity index (χ0) is 13.2. The average molecular weight is 275 g/mol. The van der Waals surface area contributed by atoms with E-state index in [-0.39, 0.29) is 12.3 Å². The van der Waals surface area contributed by atoms with Crippen molar-refractivity contribution in [2.24, 2.45) is 4.99 Å². The van der Waals surface area contributed by atoms with Crippen molar-refractivity contribution < 1.29 is 9.59 Å². The van der Waals surface area contributed by atoms with Gasteiger partial charge in [-0.3, -0.25) is 14.0 Å². The van der Waals surface area contributed by atoms with Gasteiger partial charge in [0.2, 0.25) is 11.7 Å². The molecular formula is C11H9N5O2S. The Labute approximate surface area is 112 Å². The Hall–Kier alpha value is -2.22. The van der Waals surface area contributed by atoms with Crippen molar-refractivity contribution in [2.75, 3.05) is 0 Å². The molecule has 7 nitrogen and oxygen atoms in total. The number of hydrogen-bond acceptors (Lipinski definition) is 5. The van der Waals surface area contributed by atoms with Gasteiger partial charge < -0.3 is 5.32 Å². The Morgan fingerprint density at radius 1 is 1.42 bits per heavy atom. The van der Waals surface area contributed by atoms with Crippen LogP contribution in [0.5, 0.6) is 0 Å². The number of nitrogens with zero attached hydrogens (tertiary/aromatic N) is 4. The van der Waals surface area contributed by atoms with Crippen molar-refractivity contribution >= 4 is 34.5 Å². The van der Waals surface area contributed by atoms with Crippen LogP contribution in [0.3, 0.4) is 0 Å². The number of rotatable bonds is 2. The van der Waals surface area contributed by atoms with E-state index >= 15 is 0 Å². The van der Waals surface area contributed by atoms with Gasteiger partial charge in [0, 0.05) is 24.3 Å². The van der Waals surface area contributed by atoms with Crippen LogP contribution in [0.4, 0.5) is 0 Å². The number of amidine groups is 1. The lowest BCUT2D eigenvalue weighted by atomic mass is 10.4. The molecule has 0 saturated carbocycles. The van der Waals surface area contributed by atoms with Gasteiger partial charge in [-0.05, 0) is 6.07 Å². The lowest BCUT2D eigenvalue weighted by Crippen LogP contribution is -2.34. The summed E-state index contributed by atoms with van der Waals surface area (Å²) < 4.78 is 1.81. The monoisotopic (exact) mass is 275 g/mol. The van der Waals surface area contributed by atoms with Crippen molar-refractivity contribution in [1.29, 1.82) is 0 Å². The van der Waals surface area contributed by atoms with Crippen LogP contribution in [-0.2, 0) is 15.3 Å². The van der Waals surface area contributed by atoms with Gasteiger partial charge in [-0.15, -0.1) is 0 Å².